The van der Waals surface area contributed by atoms with Gasteiger partial charge in [-0.3, -0.25) is 14.5 Å². The van der Waals surface area contributed by atoms with Crippen molar-refractivity contribution < 1.29 is 14.7 Å². The fourth-order valence-electron chi connectivity index (χ4n) is 1.77. The van der Waals surface area contributed by atoms with Gasteiger partial charge < -0.3 is 10.4 Å². The van der Waals surface area contributed by atoms with Gasteiger partial charge in [-0.1, -0.05) is 11.6 Å². The molecule has 0 aliphatic carbocycles. The number of nitrogens with one attached hydrogen (secondary N) is 1. The Kier molecular flexibility index (Phi) is 4.03. The van der Waals surface area contributed by atoms with E-state index in [9.17, 15) is 9.59 Å². The summed E-state index contributed by atoms with van der Waals surface area (Å²) in [5, 5.41) is 21.0. The van der Waals surface area contributed by atoms with Crippen LogP contribution >= 0.6 is 11.6 Å². The van der Waals surface area contributed by atoms with E-state index in [1.807, 2.05) is 6.07 Å². The molecule has 1 heterocycles. The lowest BCUT2D eigenvalue weighted by molar-refractivity contribution is -0.137. The number of carbonyl (C=O) groups is 2. The zero-order chi connectivity index (χ0) is 14.7. The first kappa shape index (κ1) is 14.1. The van der Waals surface area contributed by atoms with Gasteiger partial charge in [0.2, 0.25) is 0 Å². The van der Waals surface area contributed by atoms with Crippen LogP contribution in [0.3, 0.4) is 0 Å². The second-order valence-corrected chi connectivity index (χ2v) is 4.44. The van der Waals surface area contributed by atoms with Crippen molar-refractivity contribution in [2.45, 2.75) is 0 Å². The Morgan fingerprint density at radius 3 is 2.80 bits per heavy atom. The number of hydrogen-bond acceptors (Lipinski definition) is 5. The van der Waals surface area contributed by atoms with Crippen LogP contribution < -0.4 is 5.32 Å². The molecule has 1 aromatic rings. The van der Waals surface area contributed by atoms with E-state index in [-0.39, 0.29) is 24.4 Å². The van der Waals surface area contributed by atoms with E-state index in [2.05, 4.69) is 5.32 Å². The first-order valence-electron chi connectivity index (χ1n) is 5.72. The van der Waals surface area contributed by atoms with Gasteiger partial charge in [0.05, 0.1) is 24.4 Å². The van der Waals surface area contributed by atoms with Crippen LogP contribution in [0.25, 0.3) is 0 Å². The first-order chi connectivity index (χ1) is 9.56. The highest BCUT2D eigenvalue weighted by Crippen LogP contribution is 2.23. The number of β-amino-alcohol motifs (C(OH)–C–C–N with tert-alkyl or cyclic N) is 1. The predicted octanol–water partition coefficient (Wildman–Crippen LogP) is 0.869. The summed E-state index contributed by atoms with van der Waals surface area (Å²) in [5.74, 6) is -1.04. The predicted molar refractivity (Wildman–Crippen MR) is 71.7 cm³/mol. The number of aliphatic hydroxyl groups is 1. The summed E-state index contributed by atoms with van der Waals surface area (Å²) in [7, 11) is 0. The van der Waals surface area contributed by atoms with Crippen LogP contribution in [0.15, 0.2) is 30.0 Å². The molecule has 0 fully saturated rings. The van der Waals surface area contributed by atoms with Crippen LogP contribution in [-0.2, 0) is 9.59 Å². The van der Waals surface area contributed by atoms with E-state index in [0.29, 0.717) is 10.7 Å². The molecular weight excluding hydrogens is 282 g/mol. The van der Waals surface area contributed by atoms with Crippen LogP contribution in [0.4, 0.5) is 5.69 Å². The fraction of sp³-hybridized carbons (Fsp3) is 0.154. The zero-order valence-electron chi connectivity index (χ0n) is 10.3. The normalized spacial score (nSPS) is 14.2. The van der Waals surface area contributed by atoms with Crippen molar-refractivity contribution in [3.8, 4) is 6.07 Å². The van der Waals surface area contributed by atoms with Gasteiger partial charge in [0.25, 0.3) is 11.8 Å². The van der Waals surface area contributed by atoms with Crippen molar-refractivity contribution in [1.82, 2.24) is 4.90 Å². The van der Waals surface area contributed by atoms with Crippen molar-refractivity contribution in [1.29, 1.82) is 5.26 Å². The van der Waals surface area contributed by atoms with Gasteiger partial charge in [-0.2, -0.15) is 5.26 Å². The van der Waals surface area contributed by atoms with Crippen molar-refractivity contribution in [3.63, 3.8) is 0 Å². The molecule has 0 unspecified atom stereocenters. The summed E-state index contributed by atoms with van der Waals surface area (Å²) >= 11 is 5.78. The van der Waals surface area contributed by atoms with Crippen LogP contribution in [0.2, 0.25) is 5.02 Å². The van der Waals surface area contributed by atoms with Crippen LogP contribution in [0.5, 0.6) is 0 Å². The largest absolute Gasteiger partial charge is 0.395 e. The molecule has 7 heteroatoms. The third kappa shape index (κ3) is 2.64. The maximum atomic E-state index is 11.9. The number of anilines is 1. The number of imide groups is 1. The van der Waals surface area contributed by atoms with Crippen molar-refractivity contribution in [2.75, 3.05) is 18.5 Å². The minimum Gasteiger partial charge on any atom is -0.395 e. The third-order valence-corrected chi connectivity index (χ3v) is 2.94. The summed E-state index contributed by atoms with van der Waals surface area (Å²) in [6.07, 6.45) is 1.13. The van der Waals surface area contributed by atoms with Gasteiger partial charge in [0.1, 0.15) is 11.8 Å². The first-order valence-corrected chi connectivity index (χ1v) is 6.09. The molecule has 1 aliphatic rings. The molecule has 0 radical (unpaired) electrons. The van der Waals surface area contributed by atoms with Crippen LogP contribution in [0.1, 0.15) is 5.56 Å². The number of benzene rings is 1. The van der Waals surface area contributed by atoms with Gasteiger partial charge in [0.15, 0.2) is 0 Å². The van der Waals surface area contributed by atoms with Crippen molar-refractivity contribution in [2.24, 2.45) is 0 Å². The summed E-state index contributed by atoms with van der Waals surface area (Å²) in [6.45, 7) is -0.367. The van der Waals surface area contributed by atoms with E-state index in [1.165, 1.54) is 6.07 Å². The minimum atomic E-state index is -0.539. The average molecular weight is 292 g/mol. The lowest BCUT2D eigenvalue weighted by Crippen LogP contribution is -2.34. The quantitative estimate of drug-likeness (QED) is 0.803. The molecule has 0 aromatic heterocycles. The highest BCUT2D eigenvalue weighted by atomic mass is 35.5. The SMILES string of the molecule is N#Cc1cc(Cl)ccc1NC1=CC(=O)N(CCO)C1=O. The average Bonchev–Trinajstić information content (AvgIpc) is 2.69. The Labute approximate surface area is 119 Å². The minimum absolute atomic E-state index is 0.0577. The monoisotopic (exact) mass is 291 g/mol. The van der Waals surface area contributed by atoms with Crippen molar-refractivity contribution >= 4 is 29.1 Å². The topological polar surface area (TPSA) is 93.4 Å². The molecule has 6 nitrogen and oxygen atoms in total. The summed E-state index contributed by atoms with van der Waals surface area (Å²) < 4.78 is 0. The van der Waals surface area contributed by atoms with E-state index >= 15 is 0 Å². The fourth-order valence-corrected chi connectivity index (χ4v) is 1.95. The van der Waals surface area contributed by atoms with Crippen LogP contribution in [-0.4, -0.2) is 35.0 Å². The number of nitrogens with zero attached hydrogens (tertiary/aromatic N) is 2. The molecule has 0 saturated carbocycles. The lowest BCUT2D eigenvalue weighted by Gasteiger charge is -2.13. The molecule has 20 heavy (non-hydrogen) atoms. The van der Waals surface area contributed by atoms with Gasteiger partial charge in [-0.05, 0) is 18.2 Å². The Hall–Kier alpha value is -2.36. The van der Waals surface area contributed by atoms with E-state index in [1.54, 1.807) is 12.1 Å². The second kappa shape index (κ2) is 5.74. The Bertz CT molecular complexity index is 649. The lowest BCUT2D eigenvalue weighted by atomic mass is 10.2. The smallest absolute Gasteiger partial charge is 0.277 e. The number of halogens is 1. The summed E-state index contributed by atoms with van der Waals surface area (Å²) in [5.41, 5.74) is 0.705. The molecule has 1 aromatic carbocycles. The zero-order valence-corrected chi connectivity index (χ0v) is 11.0. The highest BCUT2D eigenvalue weighted by molar-refractivity contribution is 6.30. The molecule has 1 aliphatic heterocycles. The summed E-state index contributed by atoms with van der Waals surface area (Å²) in [4.78, 5) is 24.4. The van der Waals surface area contributed by atoms with Gasteiger partial charge in [-0.15, -0.1) is 0 Å². The Morgan fingerprint density at radius 2 is 2.15 bits per heavy atom. The molecule has 0 spiro atoms. The molecule has 2 N–H and O–H groups in total. The number of carbonyl (C=O) groups excluding carboxylic acids is 2. The molecule has 0 atom stereocenters. The molecule has 2 rings (SSSR count). The van der Waals surface area contributed by atoms with E-state index < -0.39 is 11.8 Å². The standard InChI is InChI=1S/C13H10ClN3O3/c14-9-1-2-10(8(5-9)7-15)16-11-6-12(19)17(3-4-18)13(11)20/h1-2,5-6,16,18H,3-4H2. The maximum absolute atomic E-state index is 11.9. The highest BCUT2D eigenvalue weighted by Gasteiger charge is 2.30. The number of amides is 2. The molecule has 102 valence electrons. The molecule has 2 amide bonds. The van der Waals surface area contributed by atoms with E-state index in [0.717, 1.165) is 11.0 Å². The summed E-state index contributed by atoms with van der Waals surface area (Å²) in [6, 6.07) is 6.52. The second-order valence-electron chi connectivity index (χ2n) is 4.00. The number of rotatable bonds is 4. The van der Waals surface area contributed by atoms with Gasteiger partial charge >= 0.3 is 0 Å². The number of hydrogen-bond donors (Lipinski definition) is 2. The third-order valence-electron chi connectivity index (χ3n) is 2.70. The van der Waals surface area contributed by atoms with Crippen molar-refractivity contribution in [3.05, 3.63) is 40.6 Å². The van der Waals surface area contributed by atoms with Gasteiger partial charge in [-0.25, -0.2) is 0 Å². The van der Waals surface area contributed by atoms with Gasteiger partial charge in [0, 0.05) is 11.1 Å². The number of aliphatic hydroxyl groups excluding tert-OH is 1. The molecule has 0 saturated heterocycles. The Balaban J connectivity index is 2.24. The molecule has 0 bridgehead atoms. The maximum Gasteiger partial charge on any atom is 0.277 e. The molecular formula is C13H10ClN3O3. The van der Waals surface area contributed by atoms with Crippen LogP contribution in [0, 0.1) is 11.3 Å². The number of nitriles is 1. The Morgan fingerprint density at radius 1 is 1.40 bits per heavy atom. The van der Waals surface area contributed by atoms with E-state index in [4.69, 9.17) is 22.0 Å².